The first-order chi connectivity index (χ1) is 17.0. The van der Waals surface area contributed by atoms with Gasteiger partial charge in [-0.2, -0.15) is 0 Å². The van der Waals surface area contributed by atoms with Crippen LogP contribution in [-0.2, 0) is 0 Å². The lowest BCUT2D eigenvalue weighted by molar-refractivity contribution is 0.102. The predicted octanol–water partition coefficient (Wildman–Crippen LogP) is 6.89. The molecule has 172 valence electrons. The van der Waals surface area contributed by atoms with Gasteiger partial charge in [0.25, 0.3) is 5.91 Å². The molecule has 3 aromatic heterocycles. The Morgan fingerprint density at radius 2 is 1.74 bits per heavy atom. The van der Waals surface area contributed by atoms with Gasteiger partial charge in [-0.05, 0) is 84.3 Å². The van der Waals surface area contributed by atoms with Crippen LogP contribution in [0, 0.1) is 5.82 Å². The summed E-state index contributed by atoms with van der Waals surface area (Å²) in [5.74, 6) is -0.792. The van der Waals surface area contributed by atoms with Crippen LogP contribution in [0.15, 0.2) is 84.3 Å². The Bertz CT molecular complexity index is 1560. The lowest BCUT2D eigenvalue weighted by atomic mass is 10.1. The number of nitrogens with one attached hydrogen (secondary N) is 1. The van der Waals surface area contributed by atoms with Crippen LogP contribution in [0.2, 0.25) is 0 Å². The zero-order valence-electron chi connectivity index (χ0n) is 18.2. The highest BCUT2D eigenvalue weighted by Crippen LogP contribution is 2.34. The van der Waals surface area contributed by atoms with E-state index in [1.807, 2.05) is 23.6 Å². The topological polar surface area (TPSA) is 85.1 Å². The fourth-order valence-electron chi connectivity index (χ4n) is 3.49. The van der Waals surface area contributed by atoms with Crippen molar-refractivity contribution in [2.75, 3.05) is 11.1 Å². The second kappa shape index (κ2) is 9.61. The SMILES string of the molecule is Nc1c(C(=O)Nc2ccc(C(=O)/C=C/c3cccs3)cc2)sc2nc(-c3ccc(F)cc3)ccc12. The van der Waals surface area contributed by atoms with Crippen molar-refractivity contribution < 1.29 is 14.0 Å². The summed E-state index contributed by atoms with van der Waals surface area (Å²) in [4.78, 5) is 31.9. The van der Waals surface area contributed by atoms with Crippen molar-refractivity contribution in [1.82, 2.24) is 4.98 Å². The van der Waals surface area contributed by atoms with Crippen LogP contribution in [0.1, 0.15) is 24.9 Å². The van der Waals surface area contributed by atoms with Crippen LogP contribution in [0.5, 0.6) is 0 Å². The number of fused-ring (bicyclic) bond motifs is 1. The summed E-state index contributed by atoms with van der Waals surface area (Å²) >= 11 is 2.75. The third kappa shape index (κ3) is 4.89. The van der Waals surface area contributed by atoms with E-state index in [1.54, 1.807) is 59.9 Å². The van der Waals surface area contributed by atoms with E-state index in [1.165, 1.54) is 29.5 Å². The van der Waals surface area contributed by atoms with Crippen molar-refractivity contribution in [3.8, 4) is 11.3 Å². The second-order valence-corrected chi connectivity index (χ2v) is 9.62. The van der Waals surface area contributed by atoms with Gasteiger partial charge >= 0.3 is 0 Å². The van der Waals surface area contributed by atoms with Gasteiger partial charge in [-0.3, -0.25) is 9.59 Å². The number of allylic oxidation sites excluding steroid dienone is 1. The first-order valence-electron chi connectivity index (χ1n) is 10.6. The minimum Gasteiger partial charge on any atom is -0.397 e. The van der Waals surface area contributed by atoms with Crippen molar-refractivity contribution in [1.29, 1.82) is 0 Å². The normalized spacial score (nSPS) is 11.2. The molecule has 0 aliphatic heterocycles. The average molecular weight is 500 g/mol. The third-order valence-corrected chi connectivity index (χ3v) is 7.26. The molecular formula is C27H18FN3O2S2. The minimum atomic E-state index is -0.356. The molecular weight excluding hydrogens is 481 g/mol. The Kier molecular flexibility index (Phi) is 6.22. The van der Waals surface area contributed by atoms with Crippen LogP contribution in [0.4, 0.5) is 15.8 Å². The van der Waals surface area contributed by atoms with Crippen LogP contribution in [-0.4, -0.2) is 16.7 Å². The largest absolute Gasteiger partial charge is 0.397 e. The monoisotopic (exact) mass is 499 g/mol. The maximum Gasteiger partial charge on any atom is 0.267 e. The van der Waals surface area contributed by atoms with Crippen molar-refractivity contribution >= 4 is 62.0 Å². The lowest BCUT2D eigenvalue weighted by Gasteiger charge is -2.05. The maximum atomic E-state index is 13.2. The Morgan fingerprint density at radius 3 is 2.46 bits per heavy atom. The van der Waals surface area contributed by atoms with Crippen LogP contribution < -0.4 is 11.1 Å². The van der Waals surface area contributed by atoms with Crippen LogP contribution in [0.3, 0.4) is 0 Å². The number of pyridine rings is 1. The van der Waals surface area contributed by atoms with E-state index in [2.05, 4.69) is 10.3 Å². The number of hydrogen-bond donors (Lipinski definition) is 2. The summed E-state index contributed by atoms with van der Waals surface area (Å²) in [6, 6.07) is 20.2. The number of anilines is 2. The summed E-state index contributed by atoms with van der Waals surface area (Å²) in [6.45, 7) is 0. The number of aromatic nitrogens is 1. The molecule has 0 fully saturated rings. The molecule has 5 rings (SSSR count). The summed E-state index contributed by atoms with van der Waals surface area (Å²) in [5.41, 5.74) is 9.11. The number of ketones is 1. The smallest absolute Gasteiger partial charge is 0.267 e. The van der Waals surface area contributed by atoms with E-state index in [0.717, 1.165) is 10.4 Å². The van der Waals surface area contributed by atoms with E-state index in [0.29, 0.717) is 37.7 Å². The fourth-order valence-corrected chi connectivity index (χ4v) is 5.10. The Hall–Kier alpha value is -4.14. The molecule has 3 N–H and O–H groups in total. The number of carbonyl (C=O) groups excluding carboxylic acids is 2. The fraction of sp³-hybridized carbons (Fsp3) is 0. The van der Waals surface area contributed by atoms with Crippen molar-refractivity contribution in [2.45, 2.75) is 0 Å². The number of amides is 1. The molecule has 1 amide bonds. The molecule has 5 nitrogen and oxygen atoms in total. The quantitative estimate of drug-likeness (QED) is 0.197. The number of nitrogen functional groups attached to an aromatic ring is 1. The number of nitrogens with two attached hydrogens (primary N) is 1. The number of benzene rings is 2. The van der Waals surface area contributed by atoms with E-state index >= 15 is 0 Å². The van der Waals surface area contributed by atoms with Crippen LogP contribution >= 0.6 is 22.7 Å². The van der Waals surface area contributed by atoms with E-state index in [4.69, 9.17) is 5.73 Å². The molecule has 0 spiro atoms. The molecule has 2 aromatic carbocycles. The third-order valence-electron chi connectivity index (χ3n) is 5.31. The number of nitrogens with zero attached hydrogens (tertiary/aromatic N) is 1. The number of rotatable bonds is 6. The first-order valence-corrected chi connectivity index (χ1v) is 12.3. The zero-order chi connectivity index (χ0) is 24.4. The zero-order valence-corrected chi connectivity index (χ0v) is 19.8. The minimum absolute atomic E-state index is 0.118. The van der Waals surface area contributed by atoms with Crippen LogP contribution in [0.25, 0.3) is 27.6 Å². The molecule has 0 atom stereocenters. The molecule has 0 bridgehead atoms. The molecule has 3 heterocycles. The Balaban J connectivity index is 1.32. The van der Waals surface area contributed by atoms with Gasteiger partial charge in [-0.1, -0.05) is 6.07 Å². The molecule has 0 radical (unpaired) electrons. The summed E-state index contributed by atoms with van der Waals surface area (Å²) < 4.78 is 13.2. The Labute approximate surface area is 208 Å². The summed E-state index contributed by atoms with van der Waals surface area (Å²) in [6.07, 6.45) is 3.31. The molecule has 0 unspecified atom stereocenters. The van der Waals surface area contributed by atoms with Gasteiger partial charge in [0.1, 0.15) is 15.5 Å². The van der Waals surface area contributed by atoms with Gasteiger partial charge in [0.05, 0.1) is 11.4 Å². The maximum absolute atomic E-state index is 13.2. The molecule has 5 aromatic rings. The molecule has 8 heteroatoms. The van der Waals surface area contributed by atoms with Crippen molar-refractivity contribution in [2.24, 2.45) is 0 Å². The van der Waals surface area contributed by atoms with Gasteiger partial charge in [-0.25, -0.2) is 9.37 Å². The van der Waals surface area contributed by atoms with E-state index < -0.39 is 0 Å². The predicted molar refractivity (Wildman–Crippen MR) is 142 cm³/mol. The second-order valence-electron chi connectivity index (χ2n) is 7.65. The number of halogens is 1. The highest BCUT2D eigenvalue weighted by Gasteiger charge is 2.18. The van der Waals surface area contributed by atoms with E-state index in [9.17, 15) is 14.0 Å². The molecule has 0 saturated carbocycles. The Morgan fingerprint density at radius 1 is 0.971 bits per heavy atom. The highest BCUT2D eigenvalue weighted by molar-refractivity contribution is 7.21. The standard InChI is InChI=1S/C27H18FN3O2S2/c28-18-7-3-16(4-8-18)22-13-12-21-24(29)25(35-27(21)31-22)26(33)30-19-9-5-17(6-10-19)23(32)14-11-20-2-1-15-34-20/h1-15H,29H2,(H,30,33)/b14-11+. The van der Waals surface area contributed by atoms with Gasteiger partial charge in [0.15, 0.2) is 5.78 Å². The average Bonchev–Trinajstić information content (AvgIpc) is 3.51. The molecule has 0 aliphatic carbocycles. The van der Waals surface area contributed by atoms with E-state index in [-0.39, 0.29) is 17.5 Å². The van der Waals surface area contributed by atoms with Crippen molar-refractivity contribution in [3.05, 3.63) is 105 Å². The van der Waals surface area contributed by atoms with Gasteiger partial charge in [0.2, 0.25) is 0 Å². The summed E-state index contributed by atoms with van der Waals surface area (Å²) in [5, 5.41) is 5.46. The molecule has 0 aliphatic rings. The number of carbonyl (C=O) groups is 2. The number of hydrogen-bond acceptors (Lipinski definition) is 6. The van der Waals surface area contributed by atoms with Gasteiger partial charge in [-0.15, -0.1) is 22.7 Å². The number of thiophene rings is 2. The molecule has 35 heavy (non-hydrogen) atoms. The van der Waals surface area contributed by atoms with Gasteiger partial charge < -0.3 is 11.1 Å². The first kappa shape index (κ1) is 22.6. The lowest BCUT2D eigenvalue weighted by Crippen LogP contribution is -2.12. The highest BCUT2D eigenvalue weighted by atomic mass is 32.1. The summed E-state index contributed by atoms with van der Waals surface area (Å²) in [7, 11) is 0. The van der Waals surface area contributed by atoms with Gasteiger partial charge in [0, 0.05) is 27.1 Å². The molecule has 0 saturated heterocycles. The van der Waals surface area contributed by atoms with Crippen molar-refractivity contribution in [3.63, 3.8) is 0 Å².